The van der Waals surface area contributed by atoms with Crippen LogP contribution < -0.4 is 63.1 Å². The van der Waals surface area contributed by atoms with Gasteiger partial charge in [0.2, 0.25) is 0 Å². The molecule has 1 aliphatic rings. The van der Waals surface area contributed by atoms with Gasteiger partial charge in [0.1, 0.15) is 5.75 Å². The van der Waals surface area contributed by atoms with Crippen molar-refractivity contribution in [2.75, 3.05) is 7.11 Å². The summed E-state index contributed by atoms with van der Waals surface area (Å²) >= 11 is 5.99. The van der Waals surface area contributed by atoms with Crippen molar-refractivity contribution in [3.8, 4) is 5.75 Å². The van der Waals surface area contributed by atoms with E-state index in [0.29, 0.717) is 0 Å². The Labute approximate surface area is 271 Å². The average Bonchev–Trinajstić information content (AvgIpc) is 2.79. The van der Waals surface area contributed by atoms with Crippen LogP contribution in [0.1, 0.15) is 37.7 Å². The Morgan fingerprint density at radius 1 is 0.636 bits per heavy atom. The minimum absolute atomic E-state index is 0. The van der Waals surface area contributed by atoms with Crippen molar-refractivity contribution in [3.05, 3.63) is 90.5 Å². The summed E-state index contributed by atoms with van der Waals surface area (Å²) in [6, 6.07) is 28.5. The first-order valence-electron chi connectivity index (χ1n) is 10.7. The molecule has 0 saturated heterocycles. The van der Waals surface area contributed by atoms with Gasteiger partial charge in [-0.25, -0.2) is 0 Å². The van der Waals surface area contributed by atoms with Gasteiger partial charge in [-0.1, -0.05) is 18.2 Å². The number of ether oxygens (including phenoxy) is 1. The van der Waals surface area contributed by atoms with Crippen LogP contribution in [0, 0.1) is 6.92 Å². The van der Waals surface area contributed by atoms with Crippen molar-refractivity contribution in [1.82, 2.24) is 0 Å². The van der Waals surface area contributed by atoms with Gasteiger partial charge in [-0.15, -0.1) is 0 Å². The summed E-state index contributed by atoms with van der Waals surface area (Å²) < 4.78 is 8.68. The van der Waals surface area contributed by atoms with Gasteiger partial charge in [-0.05, 0) is 12.1 Å². The van der Waals surface area contributed by atoms with E-state index in [1.807, 2.05) is 91.9 Å². The van der Waals surface area contributed by atoms with Crippen LogP contribution >= 0.6 is 0 Å². The van der Waals surface area contributed by atoms with Crippen molar-refractivity contribution in [1.29, 1.82) is 0 Å². The molecule has 0 heterocycles. The van der Waals surface area contributed by atoms with Crippen molar-refractivity contribution >= 4 is 72.5 Å². The zero-order valence-corrected chi connectivity index (χ0v) is 28.9. The van der Waals surface area contributed by atoms with Gasteiger partial charge < -0.3 is 55.7 Å². The van der Waals surface area contributed by atoms with Crippen LogP contribution in [-0.4, -0.2) is 72.2 Å². The summed E-state index contributed by atoms with van der Waals surface area (Å²) in [4.78, 5) is 0. The van der Waals surface area contributed by atoms with Gasteiger partial charge in [0, 0.05) is 0 Å². The third kappa shape index (κ3) is 23.4. The van der Waals surface area contributed by atoms with E-state index in [4.69, 9.17) is 4.74 Å². The molecule has 0 aliphatic heterocycles. The minimum atomic E-state index is 0. The molecule has 1 fully saturated rings. The van der Waals surface area contributed by atoms with Crippen LogP contribution in [0.4, 0.5) is 0 Å². The average molecular weight is 672 g/mol. The van der Waals surface area contributed by atoms with Gasteiger partial charge in [0.25, 0.3) is 0 Å². The quantitative estimate of drug-likeness (QED) is 0.239. The number of rotatable bonds is 1. The van der Waals surface area contributed by atoms with E-state index >= 15 is 0 Å². The van der Waals surface area contributed by atoms with Crippen molar-refractivity contribution in [3.63, 3.8) is 0 Å². The molecule has 1 saturated carbocycles. The maximum atomic E-state index is 4.91. The fraction of sp³-hybridized carbons (Fsp3) is 0.308. The second kappa shape index (κ2) is 26.3. The number of para-hydroxylation sites is 1. The fourth-order valence-corrected chi connectivity index (χ4v) is 3.90. The molecule has 7 heteroatoms. The second-order valence-corrected chi connectivity index (χ2v) is 10.3. The molecule has 0 bridgehead atoms. The first-order chi connectivity index (χ1) is 14.5. The Morgan fingerprint density at radius 2 is 1.06 bits per heavy atom. The third-order valence-corrected chi connectivity index (χ3v) is 6.43. The molecule has 4 rings (SSSR count). The standard InChI is InChI=1S/C7H8O.C7H7.C6H11.C6H5.3BrH.3Mg/c1-8-7-5-3-2-4-6-7;1-7-5-3-2-4-6-7;2*1-2-4-6-5-3-1;;;;;;/h2-6H,1H3;3-6H,1H3;1H,2-6H2;1-5H;3*1H;;;/q;;;;;;;3*+1/p-3. The molecule has 0 atom stereocenters. The number of methoxy groups -OCH3 is 1. The van der Waals surface area contributed by atoms with Gasteiger partial charge in [0.15, 0.2) is 0 Å². The Bertz CT molecular complexity index is 749. The summed E-state index contributed by atoms with van der Waals surface area (Å²) in [7, 11) is 1.66. The zero-order chi connectivity index (χ0) is 22.0. The van der Waals surface area contributed by atoms with E-state index in [0.717, 1.165) is 9.80 Å². The number of benzene rings is 3. The monoisotopic (exact) mass is 668 g/mol. The molecule has 0 spiro atoms. The van der Waals surface area contributed by atoms with Gasteiger partial charge >= 0.3 is 176 Å². The van der Waals surface area contributed by atoms with Crippen LogP contribution in [0.2, 0.25) is 4.05 Å². The molecule has 0 radical (unpaired) electrons. The van der Waals surface area contributed by atoms with E-state index in [2.05, 4.69) is 65.0 Å². The SMILES string of the molecule is COc1ccccc1.Cc1cc[c]([Mg+])cc1.[Br-].[Br-].[Br-].[Mg+][CH]1CCCCC1.[Mg+][c]1ccccc1. The molecule has 33 heavy (non-hydrogen) atoms. The molecule has 1 nitrogen and oxygen atoms in total. The topological polar surface area (TPSA) is 9.23 Å². The van der Waals surface area contributed by atoms with Crippen LogP contribution in [0.3, 0.4) is 0 Å². The summed E-state index contributed by atoms with van der Waals surface area (Å²) in [6.45, 7) is 2.10. The first kappa shape index (κ1) is 38.7. The van der Waals surface area contributed by atoms with Crippen LogP contribution in [0.5, 0.6) is 5.75 Å². The Balaban J connectivity index is -0.000000354. The van der Waals surface area contributed by atoms with Crippen LogP contribution in [-0.2, 0) is 0 Å². The normalized spacial score (nSPS) is 11.6. The molecule has 168 valence electrons. The molecule has 0 N–H and O–H groups in total. The number of aryl methyl sites for hydroxylation is 1. The molecular weight excluding hydrogens is 641 g/mol. The van der Waals surface area contributed by atoms with Gasteiger partial charge in [-0.2, -0.15) is 0 Å². The van der Waals surface area contributed by atoms with E-state index in [-0.39, 0.29) is 50.9 Å². The van der Waals surface area contributed by atoms with E-state index in [9.17, 15) is 0 Å². The number of halogens is 3. The van der Waals surface area contributed by atoms with Gasteiger partial charge in [-0.3, -0.25) is 0 Å². The summed E-state index contributed by atoms with van der Waals surface area (Å²) in [5, 5.41) is 0. The van der Waals surface area contributed by atoms with E-state index in [1.54, 1.807) is 7.11 Å². The third-order valence-electron chi connectivity index (χ3n) is 4.67. The van der Waals surface area contributed by atoms with Crippen molar-refractivity contribution < 1.29 is 55.7 Å². The molecule has 0 unspecified atom stereocenters. The van der Waals surface area contributed by atoms with Crippen LogP contribution in [0.25, 0.3) is 0 Å². The molecule has 3 aromatic carbocycles. The molecule has 1 aliphatic carbocycles. The Morgan fingerprint density at radius 3 is 1.33 bits per heavy atom. The molecular formula is C26H31Br3Mg3O. The van der Waals surface area contributed by atoms with E-state index in [1.165, 1.54) is 45.1 Å². The van der Waals surface area contributed by atoms with Crippen molar-refractivity contribution in [2.24, 2.45) is 0 Å². The predicted molar refractivity (Wildman–Crippen MR) is 134 cm³/mol. The van der Waals surface area contributed by atoms with Gasteiger partial charge in [0.05, 0.1) is 7.11 Å². The van der Waals surface area contributed by atoms with Crippen molar-refractivity contribution in [2.45, 2.75) is 43.1 Å². The van der Waals surface area contributed by atoms with Crippen LogP contribution in [0.15, 0.2) is 84.9 Å². The molecule has 0 aromatic heterocycles. The number of hydrogen-bond donors (Lipinski definition) is 0. The summed E-state index contributed by atoms with van der Waals surface area (Å²) in [5.74, 6) is 0.910. The first-order valence-corrected chi connectivity index (χ1v) is 12.9. The number of hydrogen-bond acceptors (Lipinski definition) is 1. The Hall–Kier alpha value is 1.20. The summed E-state index contributed by atoms with van der Waals surface area (Å²) in [6.07, 6.45) is 7.48. The fourth-order valence-electron chi connectivity index (χ4n) is 2.81. The molecule has 0 amide bonds. The zero-order valence-electron chi connectivity index (χ0n) is 19.9. The summed E-state index contributed by atoms with van der Waals surface area (Å²) in [5.41, 5.74) is 1.33. The second-order valence-electron chi connectivity index (χ2n) is 7.49. The predicted octanol–water partition coefficient (Wildman–Crippen LogP) is -4.12. The Kier molecular flexibility index (Phi) is 30.8. The molecule has 3 aromatic rings. The maximum absolute atomic E-state index is 4.91. The van der Waals surface area contributed by atoms with E-state index < -0.39 is 0 Å².